The van der Waals surface area contributed by atoms with Crippen molar-refractivity contribution in [3.8, 4) is 11.5 Å². The molecule has 0 N–H and O–H groups in total. The van der Waals surface area contributed by atoms with E-state index in [1.54, 1.807) is 14.2 Å². The van der Waals surface area contributed by atoms with Crippen LogP contribution in [-0.4, -0.2) is 14.2 Å². The second-order valence-electron chi connectivity index (χ2n) is 6.24. The monoisotopic (exact) mass is 320 g/mol. The van der Waals surface area contributed by atoms with E-state index in [1.165, 1.54) is 27.5 Å². The minimum absolute atomic E-state index is 0.286. The lowest BCUT2D eigenvalue weighted by Gasteiger charge is -2.21. The fourth-order valence-electron chi connectivity index (χ4n) is 3.65. The molecule has 0 bridgehead atoms. The highest BCUT2D eigenvalue weighted by molar-refractivity contribution is 5.86. The van der Waals surface area contributed by atoms with Gasteiger partial charge in [0.15, 0.2) is 11.5 Å². The molecule has 0 aliphatic rings. The van der Waals surface area contributed by atoms with E-state index in [1.807, 2.05) is 6.07 Å². The molecule has 124 valence electrons. The van der Waals surface area contributed by atoms with Crippen molar-refractivity contribution in [1.82, 2.24) is 0 Å². The van der Waals surface area contributed by atoms with Crippen LogP contribution in [0.1, 0.15) is 35.1 Å². The number of hydrogen-bond acceptors (Lipinski definition) is 2. The molecule has 0 radical (unpaired) electrons. The van der Waals surface area contributed by atoms with Crippen molar-refractivity contribution in [1.29, 1.82) is 0 Å². The molecule has 0 aliphatic carbocycles. The second-order valence-corrected chi connectivity index (χ2v) is 6.24. The zero-order valence-electron chi connectivity index (χ0n) is 15.0. The fourth-order valence-corrected chi connectivity index (χ4v) is 3.65. The average Bonchev–Trinajstić information content (AvgIpc) is 2.61. The maximum absolute atomic E-state index is 5.57. The molecule has 0 fully saturated rings. The van der Waals surface area contributed by atoms with Gasteiger partial charge in [0.05, 0.1) is 14.2 Å². The van der Waals surface area contributed by atoms with Gasteiger partial charge >= 0.3 is 0 Å². The molecule has 24 heavy (non-hydrogen) atoms. The lowest BCUT2D eigenvalue weighted by Crippen LogP contribution is -2.04. The maximum Gasteiger partial charge on any atom is 0.163 e. The molecule has 0 saturated heterocycles. The number of rotatable bonds is 4. The first kappa shape index (κ1) is 16.4. The highest BCUT2D eigenvalue weighted by atomic mass is 16.5. The topological polar surface area (TPSA) is 18.5 Å². The second kappa shape index (κ2) is 6.56. The fraction of sp³-hybridized carbons (Fsp3) is 0.273. The molecule has 0 aromatic heterocycles. The molecule has 1 unspecified atom stereocenters. The van der Waals surface area contributed by atoms with E-state index in [2.05, 4.69) is 63.2 Å². The molecule has 2 heteroatoms. The van der Waals surface area contributed by atoms with Gasteiger partial charge in [0.2, 0.25) is 0 Å². The number of hydrogen-bond donors (Lipinski definition) is 0. The molecule has 1 atom stereocenters. The number of ether oxygens (including phenoxy) is 2. The number of methoxy groups -OCH3 is 2. The van der Waals surface area contributed by atoms with E-state index < -0.39 is 0 Å². The molecule has 0 aliphatic heterocycles. The Balaban J connectivity index is 2.13. The molecule has 0 saturated carbocycles. The summed E-state index contributed by atoms with van der Waals surface area (Å²) in [7, 11) is 3.37. The smallest absolute Gasteiger partial charge is 0.163 e. The van der Waals surface area contributed by atoms with Gasteiger partial charge in [-0.25, -0.2) is 0 Å². The van der Waals surface area contributed by atoms with E-state index in [0.29, 0.717) is 0 Å². The summed E-state index contributed by atoms with van der Waals surface area (Å²) < 4.78 is 11.0. The van der Waals surface area contributed by atoms with Crippen molar-refractivity contribution in [2.75, 3.05) is 14.2 Å². The van der Waals surface area contributed by atoms with Crippen LogP contribution in [0.25, 0.3) is 10.8 Å². The Morgan fingerprint density at radius 3 is 2.12 bits per heavy atom. The Morgan fingerprint density at radius 2 is 1.42 bits per heavy atom. The van der Waals surface area contributed by atoms with Crippen LogP contribution < -0.4 is 9.47 Å². The molecule has 0 spiro atoms. The average molecular weight is 320 g/mol. The zero-order chi connectivity index (χ0) is 17.3. The number of aryl methyl sites for hydroxylation is 1. The summed E-state index contributed by atoms with van der Waals surface area (Å²) in [5, 5.41) is 2.61. The third kappa shape index (κ3) is 2.62. The lowest BCUT2D eigenvalue weighted by atomic mass is 9.85. The van der Waals surface area contributed by atoms with Crippen molar-refractivity contribution < 1.29 is 9.47 Å². The number of benzene rings is 3. The predicted molar refractivity (Wildman–Crippen MR) is 100 cm³/mol. The van der Waals surface area contributed by atoms with E-state index >= 15 is 0 Å². The predicted octanol–water partition coefficient (Wildman–Crippen LogP) is 5.63. The summed E-state index contributed by atoms with van der Waals surface area (Å²) in [5.74, 6) is 1.89. The van der Waals surface area contributed by atoms with Crippen molar-refractivity contribution in [2.24, 2.45) is 0 Å². The maximum atomic E-state index is 5.57. The summed E-state index contributed by atoms with van der Waals surface area (Å²) in [6, 6.07) is 17.2. The summed E-state index contributed by atoms with van der Waals surface area (Å²) in [4.78, 5) is 0. The Kier molecular flexibility index (Phi) is 4.48. The molecule has 3 aromatic carbocycles. The minimum atomic E-state index is 0.286. The van der Waals surface area contributed by atoms with Gasteiger partial charge in [0.25, 0.3) is 0 Å². The van der Waals surface area contributed by atoms with Gasteiger partial charge in [-0.3, -0.25) is 0 Å². The van der Waals surface area contributed by atoms with Crippen molar-refractivity contribution in [2.45, 2.75) is 26.7 Å². The van der Waals surface area contributed by atoms with E-state index in [-0.39, 0.29) is 5.92 Å². The first-order valence-corrected chi connectivity index (χ1v) is 8.28. The largest absolute Gasteiger partial charge is 0.493 e. The Bertz CT molecular complexity index is 881. The highest BCUT2D eigenvalue weighted by Crippen LogP contribution is 2.39. The van der Waals surface area contributed by atoms with E-state index in [0.717, 1.165) is 17.1 Å². The third-order valence-corrected chi connectivity index (χ3v) is 5.01. The molecule has 0 heterocycles. The van der Waals surface area contributed by atoms with E-state index in [4.69, 9.17) is 9.47 Å². The standard InChI is InChI=1S/C22H24O2/c1-14(19-12-13-21(23-4)22(24-5)16(19)3)18-11-10-17-8-6-7-9-20(17)15(18)2/h6-14H,1-5H3. The Hall–Kier alpha value is -2.48. The van der Waals surface area contributed by atoms with Gasteiger partial charge < -0.3 is 9.47 Å². The van der Waals surface area contributed by atoms with Crippen LogP contribution in [0.2, 0.25) is 0 Å². The third-order valence-electron chi connectivity index (χ3n) is 5.01. The SMILES string of the molecule is COc1ccc(C(C)c2ccc3ccccc3c2C)c(C)c1OC. The van der Waals surface area contributed by atoms with Crippen molar-refractivity contribution in [3.63, 3.8) is 0 Å². The van der Waals surface area contributed by atoms with Gasteiger partial charge in [0, 0.05) is 5.92 Å². The van der Waals surface area contributed by atoms with Crippen LogP contribution >= 0.6 is 0 Å². The first-order chi connectivity index (χ1) is 11.6. The van der Waals surface area contributed by atoms with Gasteiger partial charge in [-0.1, -0.05) is 49.4 Å². The summed E-state index contributed by atoms with van der Waals surface area (Å²) in [6.07, 6.45) is 0. The molecular weight excluding hydrogens is 296 g/mol. The molecule has 0 amide bonds. The van der Waals surface area contributed by atoms with Crippen LogP contribution in [-0.2, 0) is 0 Å². The van der Waals surface area contributed by atoms with Gasteiger partial charge in [-0.05, 0) is 52.9 Å². The van der Waals surface area contributed by atoms with Crippen molar-refractivity contribution >= 4 is 10.8 Å². The molecule has 3 rings (SSSR count). The molecule has 3 aromatic rings. The normalized spacial score (nSPS) is 12.2. The van der Waals surface area contributed by atoms with Crippen LogP contribution in [0.3, 0.4) is 0 Å². The summed E-state index contributed by atoms with van der Waals surface area (Å²) in [5.41, 5.74) is 5.10. The van der Waals surface area contributed by atoms with Gasteiger partial charge in [-0.2, -0.15) is 0 Å². The number of fused-ring (bicyclic) bond motifs is 1. The zero-order valence-corrected chi connectivity index (χ0v) is 15.0. The quantitative estimate of drug-likeness (QED) is 0.620. The summed E-state index contributed by atoms with van der Waals surface area (Å²) >= 11 is 0. The van der Waals surface area contributed by atoms with E-state index in [9.17, 15) is 0 Å². The molecular formula is C22H24O2. The highest BCUT2D eigenvalue weighted by Gasteiger charge is 2.18. The van der Waals surface area contributed by atoms with Crippen LogP contribution in [0.15, 0.2) is 48.5 Å². The minimum Gasteiger partial charge on any atom is -0.493 e. The van der Waals surface area contributed by atoms with Crippen LogP contribution in [0.4, 0.5) is 0 Å². The first-order valence-electron chi connectivity index (χ1n) is 8.28. The lowest BCUT2D eigenvalue weighted by molar-refractivity contribution is 0.352. The Morgan fingerprint density at radius 1 is 0.750 bits per heavy atom. The van der Waals surface area contributed by atoms with Crippen LogP contribution in [0, 0.1) is 13.8 Å². The van der Waals surface area contributed by atoms with Crippen LogP contribution in [0.5, 0.6) is 11.5 Å². The summed E-state index contributed by atoms with van der Waals surface area (Å²) in [6.45, 7) is 6.57. The van der Waals surface area contributed by atoms with Gasteiger partial charge in [0.1, 0.15) is 0 Å². The molecule has 2 nitrogen and oxygen atoms in total. The van der Waals surface area contributed by atoms with Crippen molar-refractivity contribution in [3.05, 3.63) is 70.8 Å². The van der Waals surface area contributed by atoms with Gasteiger partial charge in [-0.15, -0.1) is 0 Å². The Labute approximate surface area is 144 Å².